The largest absolute Gasteiger partial charge is 0.359 e. The van der Waals surface area contributed by atoms with Crippen molar-refractivity contribution in [1.82, 2.24) is 4.90 Å². The monoisotopic (exact) mass is 591 g/mol. The highest BCUT2D eigenvalue weighted by molar-refractivity contribution is 5.83. The highest BCUT2D eigenvalue weighted by atomic mass is 16.5. The van der Waals surface area contributed by atoms with Gasteiger partial charge in [-0.25, -0.2) is 0 Å². The molecule has 0 aromatic carbocycles. The molecule has 0 fully saturated rings. The van der Waals surface area contributed by atoms with Crippen molar-refractivity contribution in [2.75, 3.05) is 19.7 Å². The van der Waals surface area contributed by atoms with Crippen LogP contribution in [0.15, 0.2) is 4.99 Å². The van der Waals surface area contributed by atoms with Crippen LogP contribution in [0.25, 0.3) is 0 Å². The van der Waals surface area contributed by atoms with E-state index in [2.05, 4.69) is 25.7 Å². The van der Waals surface area contributed by atoms with Gasteiger partial charge >= 0.3 is 0 Å². The predicted molar refractivity (Wildman–Crippen MR) is 189 cm³/mol. The molecule has 3 heteroatoms. The molecule has 0 aromatic heterocycles. The van der Waals surface area contributed by atoms with Crippen LogP contribution in [0.4, 0.5) is 0 Å². The summed E-state index contributed by atoms with van der Waals surface area (Å²) in [5.74, 6) is 1.31. The summed E-state index contributed by atoms with van der Waals surface area (Å²) < 4.78 is 6.24. The van der Waals surface area contributed by atoms with E-state index in [9.17, 15) is 0 Å². The Hall–Kier alpha value is -0.570. The topological polar surface area (TPSA) is 24.8 Å². The van der Waals surface area contributed by atoms with Crippen LogP contribution >= 0.6 is 0 Å². The van der Waals surface area contributed by atoms with Gasteiger partial charge < -0.3 is 9.64 Å². The van der Waals surface area contributed by atoms with E-state index in [1.165, 1.54) is 198 Å². The molecule has 1 aliphatic rings. The molecule has 0 spiro atoms. The third-order valence-electron chi connectivity index (χ3n) is 9.52. The molecule has 0 radical (unpaired) electrons. The Morgan fingerprint density at radius 2 is 0.833 bits per heavy atom. The minimum Gasteiger partial charge on any atom is -0.359 e. The molecule has 0 saturated carbocycles. The maximum absolute atomic E-state index is 6.24. The number of hydrogen-bond donors (Lipinski definition) is 0. The normalized spacial score (nSPS) is 14.2. The van der Waals surface area contributed by atoms with Crippen LogP contribution in [0.5, 0.6) is 0 Å². The molecule has 3 nitrogen and oxygen atoms in total. The number of rotatable bonds is 34. The molecule has 1 aliphatic heterocycles. The van der Waals surface area contributed by atoms with Crippen LogP contribution < -0.4 is 0 Å². The average molecular weight is 591 g/mol. The molecule has 1 atom stereocenters. The predicted octanol–water partition coefficient (Wildman–Crippen LogP) is 13.2. The summed E-state index contributed by atoms with van der Waals surface area (Å²) in [7, 11) is 0. The Balaban J connectivity index is 1.85. The number of ether oxygens (including phenoxy) is 1. The first kappa shape index (κ1) is 39.5. The summed E-state index contributed by atoms with van der Waals surface area (Å²) in [6.45, 7) is 9.75. The third kappa shape index (κ3) is 24.8. The molecular weight excluding hydrogens is 512 g/mol. The highest BCUT2D eigenvalue weighted by Gasteiger charge is 2.22. The molecule has 0 aliphatic carbocycles. The van der Waals surface area contributed by atoms with Gasteiger partial charge in [-0.05, 0) is 19.8 Å². The van der Waals surface area contributed by atoms with Gasteiger partial charge in [0.1, 0.15) is 12.1 Å². The first-order valence-corrected chi connectivity index (χ1v) is 19.7. The van der Waals surface area contributed by atoms with Crippen molar-refractivity contribution < 1.29 is 4.74 Å². The lowest BCUT2D eigenvalue weighted by Gasteiger charge is -2.28. The van der Waals surface area contributed by atoms with E-state index >= 15 is 0 Å². The zero-order valence-corrected chi connectivity index (χ0v) is 29.4. The minimum absolute atomic E-state index is 0.189. The Labute approximate surface area is 265 Å². The van der Waals surface area contributed by atoms with Gasteiger partial charge in [0.25, 0.3) is 0 Å². The Kier molecular flexibility index (Phi) is 29.9. The molecule has 1 rings (SSSR count). The third-order valence-corrected chi connectivity index (χ3v) is 9.52. The molecule has 0 aromatic rings. The van der Waals surface area contributed by atoms with Crippen molar-refractivity contribution in [3.63, 3.8) is 0 Å². The Morgan fingerprint density at radius 1 is 0.500 bits per heavy atom. The maximum atomic E-state index is 6.24. The van der Waals surface area contributed by atoms with Crippen LogP contribution in [0, 0.1) is 0 Å². The zero-order valence-electron chi connectivity index (χ0n) is 29.4. The zero-order chi connectivity index (χ0) is 30.2. The van der Waals surface area contributed by atoms with Crippen molar-refractivity contribution in [2.24, 2.45) is 4.99 Å². The molecule has 0 saturated heterocycles. The summed E-state index contributed by atoms with van der Waals surface area (Å²) in [4.78, 5) is 7.27. The standard InChI is InChI=1S/C39H78N2O/c1-4-6-8-10-12-14-16-18-20-21-23-25-27-29-31-33-37-42-38(3)41-36-35-40-39(41)34-32-30-28-26-24-22-19-17-15-13-11-9-7-5-2/h38H,4-37H2,1-3H3. The molecule has 0 bridgehead atoms. The fourth-order valence-corrected chi connectivity index (χ4v) is 6.59. The molecule has 0 N–H and O–H groups in total. The van der Waals surface area contributed by atoms with Crippen LogP contribution in [0.3, 0.4) is 0 Å². The Morgan fingerprint density at radius 3 is 1.21 bits per heavy atom. The van der Waals surface area contributed by atoms with Crippen molar-refractivity contribution in [1.29, 1.82) is 0 Å². The van der Waals surface area contributed by atoms with Gasteiger partial charge in [-0.3, -0.25) is 4.99 Å². The van der Waals surface area contributed by atoms with Crippen LogP contribution in [0.2, 0.25) is 0 Å². The van der Waals surface area contributed by atoms with Crippen LogP contribution in [0.1, 0.15) is 220 Å². The van der Waals surface area contributed by atoms with Gasteiger partial charge in [-0.15, -0.1) is 0 Å². The second kappa shape index (κ2) is 31.8. The summed E-state index contributed by atoms with van der Waals surface area (Å²) >= 11 is 0. The van der Waals surface area contributed by atoms with E-state index in [-0.39, 0.29) is 6.23 Å². The van der Waals surface area contributed by atoms with E-state index in [4.69, 9.17) is 9.73 Å². The van der Waals surface area contributed by atoms with Crippen LogP contribution in [-0.4, -0.2) is 36.7 Å². The van der Waals surface area contributed by atoms with E-state index in [0.29, 0.717) is 0 Å². The van der Waals surface area contributed by atoms with E-state index in [1.54, 1.807) is 0 Å². The number of amidine groups is 1. The number of hydrogen-bond acceptors (Lipinski definition) is 3. The summed E-state index contributed by atoms with van der Waals surface area (Å²) in [5.41, 5.74) is 0. The number of nitrogens with zero attached hydrogens (tertiary/aromatic N) is 2. The fourth-order valence-electron chi connectivity index (χ4n) is 6.59. The second-order valence-electron chi connectivity index (χ2n) is 13.6. The fraction of sp³-hybridized carbons (Fsp3) is 0.974. The van der Waals surface area contributed by atoms with Gasteiger partial charge in [0.15, 0.2) is 0 Å². The van der Waals surface area contributed by atoms with Crippen LogP contribution in [-0.2, 0) is 4.74 Å². The molecule has 42 heavy (non-hydrogen) atoms. The van der Waals surface area contributed by atoms with E-state index in [1.807, 2.05) is 0 Å². The van der Waals surface area contributed by atoms with Crippen molar-refractivity contribution >= 4 is 5.84 Å². The average Bonchev–Trinajstić information content (AvgIpc) is 3.47. The van der Waals surface area contributed by atoms with Gasteiger partial charge in [-0.1, -0.05) is 194 Å². The quantitative estimate of drug-likeness (QED) is 0.0696. The van der Waals surface area contributed by atoms with Gasteiger partial charge in [-0.2, -0.15) is 0 Å². The lowest BCUT2D eigenvalue weighted by Crippen LogP contribution is -2.38. The first-order chi connectivity index (χ1) is 20.8. The Bertz CT molecular complexity index is 563. The first-order valence-electron chi connectivity index (χ1n) is 19.7. The minimum atomic E-state index is 0.189. The summed E-state index contributed by atoms with van der Waals surface area (Å²) in [6, 6.07) is 0. The number of aliphatic imine (C=N–C) groups is 1. The molecule has 1 unspecified atom stereocenters. The van der Waals surface area contributed by atoms with Crippen molar-refractivity contribution in [3.8, 4) is 0 Å². The second-order valence-corrected chi connectivity index (χ2v) is 13.6. The van der Waals surface area contributed by atoms with Gasteiger partial charge in [0.2, 0.25) is 0 Å². The van der Waals surface area contributed by atoms with E-state index in [0.717, 1.165) is 26.1 Å². The SMILES string of the molecule is CCCCCCCCCCCCCCCCCCOC(C)N1CCN=C1CCCCCCCCCCCCCCCC. The smallest absolute Gasteiger partial charge is 0.128 e. The molecule has 250 valence electrons. The molecule has 0 amide bonds. The van der Waals surface area contributed by atoms with Crippen molar-refractivity contribution in [2.45, 2.75) is 226 Å². The lowest BCUT2D eigenvalue weighted by molar-refractivity contribution is -0.0113. The summed E-state index contributed by atoms with van der Waals surface area (Å²) in [6.07, 6.45) is 43.9. The number of unbranched alkanes of at least 4 members (excludes halogenated alkanes) is 28. The van der Waals surface area contributed by atoms with Gasteiger partial charge in [0.05, 0.1) is 6.54 Å². The molecular formula is C39H78N2O. The van der Waals surface area contributed by atoms with Crippen molar-refractivity contribution in [3.05, 3.63) is 0 Å². The highest BCUT2D eigenvalue weighted by Crippen LogP contribution is 2.18. The van der Waals surface area contributed by atoms with E-state index < -0.39 is 0 Å². The maximum Gasteiger partial charge on any atom is 0.128 e. The van der Waals surface area contributed by atoms with Gasteiger partial charge in [0, 0.05) is 19.6 Å². The lowest BCUT2D eigenvalue weighted by atomic mass is 10.0. The summed E-state index contributed by atoms with van der Waals surface area (Å²) in [5, 5.41) is 0. The molecule has 1 heterocycles.